The highest BCUT2D eigenvalue weighted by Crippen LogP contribution is 2.25. The lowest BCUT2D eigenvalue weighted by molar-refractivity contribution is -0.141. The van der Waals surface area contributed by atoms with Gasteiger partial charge >= 0.3 is 5.97 Å². The van der Waals surface area contributed by atoms with Gasteiger partial charge in [-0.2, -0.15) is 0 Å². The monoisotopic (exact) mass is 244 g/mol. The largest absolute Gasteiger partial charge is 0.480 e. The second-order valence-electron chi connectivity index (χ2n) is 5.07. The molecule has 1 unspecified atom stereocenters. The molecule has 0 saturated carbocycles. The van der Waals surface area contributed by atoms with E-state index in [1.165, 1.54) is 0 Å². The number of carbonyl (C=O) groups excluding carboxylic acids is 1. The Morgan fingerprint density at radius 2 is 1.94 bits per heavy atom. The van der Waals surface area contributed by atoms with Crippen LogP contribution in [-0.2, 0) is 9.59 Å². The van der Waals surface area contributed by atoms with Crippen LogP contribution in [0.25, 0.3) is 0 Å². The molecule has 0 aliphatic heterocycles. The zero-order chi connectivity index (χ0) is 13.5. The van der Waals surface area contributed by atoms with Crippen molar-refractivity contribution in [1.29, 1.82) is 0 Å². The first-order valence-corrected chi connectivity index (χ1v) is 6.04. The standard InChI is InChI=1S/C12H24N2O3/c1-4-9(11(16)17)14-10(15)5-6-12(2,3)7-8-13/h9H,4-8,13H2,1-3H3,(H,14,15)(H,16,17). The molecule has 0 rings (SSSR count). The van der Waals surface area contributed by atoms with E-state index in [2.05, 4.69) is 19.2 Å². The molecule has 100 valence electrons. The van der Waals surface area contributed by atoms with Gasteiger partial charge in [-0.3, -0.25) is 4.79 Å². The summed E-state index contributed by atoms with van der Waals surface area (Å²) in [6, 6.07) is -0.778. The Morgan fingerprint density at radius 1 is 1.35 bits per heavy atom. The van der Waals surface area contributed by atoms with E-state index < -0.39 is 12.0 Å². The molecule has 0 spiro atoms. The van der Waals surface area contributed by atoms with Crippen LogP contribution in [0.2, 0.25) is 0 Å². The minimum Gasteiger partial charge on any atom is -0.480 e. The number of carboxylic acids is 1. The lowest BCUT2D eigenvalue weighted by atomic mass is 9.84. The first kappa shape index (κ1) is 15.9. The first-order chi connectivity index (χ1) is 7.82. The van der Waals surface area contributed by atoms with Gasteiger partial charge in [0.1, 0.15) is 6.04 Å². The number of aliphatic carboxylic acids is 1. The molecule has 0 fully saturated rings. The maximum Gasteiger partial charge on any atom is 0.326 e. The van der Waals surface area contributed by atoms with E-state index in [1.807, 2.05) is 0 Å². The number of hydrogen-bond donors (Lipinski definition) is 3. The Balaban J connectivity index is 4.06. The Labute approximate surface area is 103 Å². The van der Waals surface area contributed by atoms with Crippen LogP contribution in [0.5, 0.6) is 0 Å². The summed E-state index contributed by atoms with van der Waals surface area (Å²) in [7, 11) is 0. The van der Waals surface area contributed by atoms with Gasteiger partial charge in [0, 0.05) is 6.42 Å². The average Bonchev–Trinajstić information content (AvgIpc) is 2.22. The second-order valence-corrected chi connectivity index (χ2v) is 5.07. The van der Waals surface area contributed by atoms with E-state index in [0.29, 0.717) is 25.8 Å². The molecule has 0 heterocycles. The van der Waals surface area contributed by atoms with E-state index in [1.54, 1.807) is 6.92 Å². The second kappa shape index (κ2) is 7.27. The maximum atomic E-state index is 11.6. The summed E-state index contributed by atoms with van der Waals surface area (Å²) in [5, 5.41) is 11.3. The number of rotatable bonds is 8. The van der Waals surface area contributed by atoms with Crippen molar-refractivity contribution >= 4 is 11.9 Å². The van der Waals surface area contributed by atoms with Crippen molar-refractivity contribution in [3.63, 3.8) is 0 Å². The number of hydrogen-bond acceptors (Lipinski definition) is 3. The predicted octanol–water partition coefficient (Wildman–Crippen LogP) is 1.12. The van der Waals surface area contributed by atoms with Crippen molar-refractivity contribution in [2.24, 2.45) is 11.1 Å². The molecule has 0 bridgehead atoms. The van der Waals surface area contributed by atoms with Crippen LogP contribution in [0.3, 0.4) is 0 Å². The summed E-state index contributed by atoms with van der Waals surface area (Å²) in [5.74, 6) is -1.19. The predicted molar refractivity (Wildman–Crippen MR) is 66.5 cm³/mol. The summed E-state index contributed by atoms with van der Waals surface area (Å²) in [4.78, 5) is 22.3. The van der Waals surface area contributed by atoms with Gasteiger partial charge in [0.05, 0.1) is 0 Å². The third-order valence-corrected chi connectivity index (χ3v) is 2.89. The van der Waals surface area contributed by atoms with E-state index in [9.17, 15) is 9.59 Å². The molecule has 0 aromatic carbocycles. The SMILES string of the molecule is CCC(NC(=O)CCC(C)(C)CCN)C(=O)O. The molecule has 0 saturated heterocycles. The zero-order valence-electron chi connectivity index (χ0n) is 11.0. The third kappa shape index (κ3) is 6.94. The maximum absolute atomic E-state index is 11.6. The van der Waals surface area contributed by atoms with Crippen molar-refractivity contribution in [2.45, 2.75) is 52.5 Å². The number of nitrogens with one attached hydrogen (secondary N) is 1. The van der Waals surface area contributed by atoms with Crippen LogP contribution in [0, 0.1) is 5.41 Å². The Morgan fingerprint density at radius 3 is 2.35 bits per heavy atom. The van der Waals surface area contributed by atoms with Gasteiger partial charge in [-0.25, -0.2) is 4.79 Å². The van der Waals surface area contributed by atoms with Crippen LogP contribution in [-0.4, -0.2) is 29.6 Å². The highest BCUT2D eigenvalue weighted by Gasteiger charge is 2.21. The molecule has 5 nitrogen and oxygen atoms in total. The fraction of sp³-hybridized carbons (Fsp3) is 0.833. The van der Waals surface area contributed by atoms with Crippen LogP contribution < -0.4 is 11.1 Å². The fourth-order valence-corrected chi connectivity index (χ4v) is 1.57. The van der Waals surface area contributed by atoms with Gasteiger partial charge < -0.3 is 16.2 Å². The summed E-state index contributed by atoms with van der Waals surface area (Å²) >= 11 is 0. The van der Waals surface area contributed by atoms with E-state index in [0.717, 1.165) is 6.42 Å². The molecule has 0 aliphatic rings. The van der Waals surface area contributed by atoms with Gasteiger partial charge in [0.15, 0.2) is 0 Å². The van der Waals surface area contributed by atoms with Gasteiger partial charge in [-0.1, -0.05) is 20.8 Å². The number of carbonyl (C=O) groups is 2. The van der Waals surface area contributed by atoms with Crippen LogP contribution in [0.4, 0.5) is 0 Å². The molecule has 0 aliphatic carbocycles. The molecule has 0 aromatic heterocycles. The van der Waals surface area contributed by atoms with Gasteiger partial charge in [-0.05, 0) is 31.2 Å². The Hall–Kier alpha value is -1.10. The third-order valence-electron chi connectivity index (χ3n) is 2.89. The van der Waals surface area contributed by atoms with Gasteiger partial charge in [0.25, 0.3) is 0 Å². The lowest BCUT2D eigenvalue weighted by Gasteiger charge is -2.23. The average molecular weight is 244 g/mol. The molecule has 1 amide bonds. The van der Waals surface area contributed by atoms with Gasteiger partial charge in [0.2, 0.25) is 5.91 Å². The lowest BCUT2D eigenvalue weighted by Crippen LogP contribution is -2.40. The van der Waals surface area contributed by atoms with Crippen LogP contribution in [0.1, 0.15) is 46.5 Å². The number of amides is 1. The van der Waals surface area contributed by atoms with Crippen LogP contribution >= 0.6 is 0 Å². The quantitative estimate of drug-likeness (QED) is 0.596. The Kier molecular flexibility index (Phi) is 6.80. The zero-order valence-corrected chi connectivity index (χ0v) is 11.0. The normalized spacial score (nSPS) is 13.2. The van der Waals surface area contributed by atoms with E-state index in [-0.39, 0.29) is 11.3 Å². The topological polar surface area (TPSA) is 92.4 Å². The molecular formula is C12H24N2O3. The molecule has 5 heteroatoms. The van der Waals surface area contributed by atoms with Crippen molar-refractivity contribution in [3.05, 3.63) is 0 Å². The minimum absolute atomic E-state index is 0.0248. The Bertz CT molecular complexity index is 264. The number of nitrogens with two attached hydrogens (primary N) is 1. The van der Waals surface area contributed by atoms with Crippen molar-refractivity contribution < 1.29 is 14.7 Å². The first-order valence-electron chi connectivity index (χ1n) is 6.04. The highest BCUT2D eigenvalue weighted by molar-refractivity contribution is 5.83. The van der Waals surface area contributed by atoms with Crippen molar-refractivity contribution in [3.8, 4) is 0 Å². The molecular weight excluding hydrogens is 220 g/mol. The summed E-state index contributed by atoms with van der Waals surface area (Å²) in [6.07, 6.45) is 2.31. The van der Waals surface area contributed by atoms with Crippen LogP contribution in [0.15, 0.2) is 0 Å². The van der Waals surface area contributed by atoms with Crippen molar-refractivity contribution in [1.82, 2.24) is 5.32 Å². The molecule has 0 radical (unpaired) electrons. The summed E-state index contributed by atoms with van der Waals surface area (Å²) < 4.78 is 0. The van der Waals surface area contributed by atoms with E-state index >= 15 is 0 Å². The van der Waals surface area contributed by atoms with E-state index in [4.69, 9.17) is 10.8 Å². The van der Waals surface area contributed by atoms with Crippen molar-refractivity contribution in [2.75, 3.05) is 6.54 Å². The highest BCUT2D eigenvalue weighted by atomic mass is 16.4. The minimum atomic E-state index is -0.984. The fourth-order valence-electron chi connectivity index (χ4n) is 1.57. The van der Waals surface area contributed by atoms with Gasteiger partial charge in [-0.15, -0.1) is 0 Å². The summed E-state index contributed by atoms with van der Waals surface area (Å²) in [5.41, 5.74) is 5.51. The number of carboxylic acid groups (broad SMARTS) is 1. The molecule has 17 heavy (non-hydrogen) atoms. The summed E-state index contributed by atoms with van der Waals surface area (Å²) in [6.45, 7) is 6.45. The molecule has 0 aromatic rings. The molecule has 1 atom stereocenters. The smallest absolute Gasteiger partial charge is 0.326 e. The molecule has 4 N–H and O–H groups in total.